The number of rotatable bonds is 5. The molecule has 0 saturated carbocycles. The summed E-state index contributed by atoms with van der Waals surface area (Å²) in [6, 6.07) is 5.26. The van der Waals surface area contributed by atoms with Crippen molar-refractivity contribution in [3.05, 3.63) is 40.4 Å². The molecule has 0 radical (unpaired) electrons. The molecule has 0 fully saturated rings. The monoisotopic (exact) mass is 309 g/mol. The summed E-state index contributed by atoms with van der Waals surface area (Å²) >= 11 is 7.33. The molecule has 4 nitrogen and oxygen atoms in total. The van der Waals surface area contributed by atoms with Crippen molar-refractivity contribution in [3.8, 4) is 0 Å². The van der Waals surface area contributed by atoms with Gasteiger partial charge in [0, 0.05) is 22.3 Å². The Morgan fingerprint density at radius 3 is 2.90 bits per heavy atom. The van der Waals surface area contributed by atoms with Crippen LogP contribution < -0.4 is 10.6 Å². The lowest BCUT2D eigenvalue weighted by Gasteiger charge is -2.18. The van der Waals surface area contributed by atoms with E-state index in [2.05, 4.69) is 15.6 Å². The molecule has 20 heavy (non-hydrogen) atoms. The summed E-state index contributed by atoms with van der Waals surface area (Å²) in [5.41, 5.74) is 1.92. The van der Waals surface area contributed by atoms with E-state index in [1.54, 1.807) is 6.20 Å². The van der Waals surface area contributed by atoms with Crippen LogP contribution in [0.2, 0.25) is 5.02 Å². The molecule has 2 rings (SSSR count). The van der Waals surface area contributed by atoms with E-state index in [0.29, 0.717) is 16.6 Å². The van der Waals surface area contributed by atoms with E-state index in [0.717, 1.165) is 11.3 Å². The topological polar surface area (TPSA) is 54.0 Å². The Kier molecular flexibility index (Phi) is 4.98. The van der Waals surface area contributed by atoms with Crippen LogP contribution in [0, 0.1) is 6.92 Å². The number of nitrogens with zero attached hydrogens (tertiary/aromatic N) is 1. The average Bonchev–Trinajstić information content (AvgIpc) is 2.90. The van der Waals surface area contributed by atoms with Crippen LogP contribution in [0.15, 0.2) is 29.8 Å². The zero-order valence-electron chi connectivity index (χ0n) is 11.3. The minimum atomic E-state index is -0.307. The van der Waals surface area contributed by atoms with Crippen LogP contribution in [-0.2, 0) is 4.79 Å². The maximum Gasteiger partial charge on any atom is 0.248 e. The molecule has 1 aromatic carbocycles. The van der Waals surface area contributed by atoms with Crippen molar-refractivity contribution in [3.63, 3.8) is 0 Å². The number of carbonyl (C=O) groups excluding carboxylic acids is 1. The normalized spacial score (nSPS) is 11.9. The van der Waals surface area contributed by atoms with E-state index in [1.807, 2.05) is 37.4 Å². The van der Waals surface area contributed by atoms with E-state index in [9.17, 15) is 4.79 Å². The lowest BCUT2D eigenvalue weighted by molar-refractivity contribution is -0.116. The van der Waals surface area contributed by atoms with Gasteiger partial charge in [0.1, 0.15) is 6.04 Å². The highest BCUT2D eigenvalue weighted by atomic mass is 35.5. The maximum absolute atomic E-state index is 12.2. The van der Waals surface area contributed by atoms with Crippen molar-refractivity contribution in [1.82, 2.24) is 4.98 Å². The number of carbonyl (C=O) groups is 1. The third-order valence-corrected chi connectivity index (χ3v) is 3.83. The largest absolute Gasteiger partial charge is 0.373 e. The van der Waals surface area contributed by atoms with Crippen molar-refractivity contribution >= 4 is 39.7 Å². The summed E-state index contributed by atoms with van der Waals surface area (Å²) in [5.74, 6) is -0.0863. The Morgan fingerprint density at radius 2 is 2.30 bits per heavy atom. The summed E-state index contributed by atoms with van der Waals surface area (Å²) in [4.78, 5) is 16.2. The molecule has 0 bridgehead atoms. The first-order chi connectivity index (χ1) is 9.60. The fourth-order valence-electron chi connectivity index (χ4n) is 1.81. The molecule has 106 valence electrons. The van der Waals surface area contributed by atoms with Crippen molar-refractivity contribution in [1.29, 1.82) is 0 Å². The molecule has 0 saturated heterocycles. The van der Waals surface area contributed by atoms with Gasteiger partial charge in [-0.3, -0.25) is 4.79 Å². The van der Waals surface area contributed by atoms with Crippen LogP contribution >= 0.6 is 22.9 Å². The third-order valence-electron chi connectivity index (χ3n) is 2.91. The van der Waals surface area contributed by atoms with Crippen LogP contribution in [0.1, 0.15) is 18.9 Å². The number of hydrogen-bond acceptors (Lipinski definition) is 4. The Balaban J connectivity index is 2.06. The molecular formula is C14H16ClN3OS. The van der Waals surface area contributed by atoms with Gasteiger partial charge in [0.15, 0.2) is 5.13 Å². The maximum atomic E-state index is 12.2. The second-order valence-electron chi connectivity index (χ2n) is 4.39. The third kappa shape index (κ3) is 3.71. The first-order valence-electron chi connectivity index (χ1n) is 6.33. The Bertz CT molecular complexity index is 586. The zero-order chi connectivity index (χ0) is 14.5. The van der Waals surface area contributed by atoms with Crippen LogP contribution in [0.4, 0.5) is 10.8 Å². The fourth-order valence-corrected chi connectivity index (χ4v) is 2.57. The molecular weight excluding hydrogens is 294 g/mol. The smallest absolute Gasteiger partial charge is 0.248 e. The number of nitrogens with one attached hydrogen (secondary N) is 2. The van der Waals surface area contributed by atoms with E-state index in [-0.39, 0.29) is 11.9 Å². The van der Waals surface area contributed by atoms with Gasteiger partial charge in [0.2, 0.25) is 5.91 Å². The predicted molar refractivity (Wildman–Crippen MR) is 84.6 cm³/mol. The number of aromatic nitrogens is 1. The average molecular weight is 310 g/mol. The molecule has 0 aliphatic carbocycles. The van der Waals surface area contributed by atoms with Crippen molar-refractivity contribution in [2.45, 2.75) is 26.3 Å². The molecule has 6 heteroatoms. The number of benzene rings is 1. The molecule has 1 aromatic heterocycles. The second kappa shape index (κ2) is 6.72. The Morgan fingerprint density at radius 1 is 1.50 bits per heavy atom. The first kappa shape index (κ1) is 14.8. The van der Waals surface area contributed by atoms with Gasteiger partial charge in [-0.25, -0.2) is 4.98 Å². The lowest BCUT2D eigenvalue weighted by Crippen LogP contribution is -2.34. The zero-order valence-corrected chi connectivity index (χ0v) is 12.9. The summed E-state index contributed by atoms with van der Waals surface area (Å²) in [6.45, 7) is 3.92. The van der Waals surface area contributed by atoms with Crippen molar-refractivity contribution in [2.75, 3.05) is 10.6 Å². The molecule has 0 spiro atoms. The lowest BCUT2D eigenvalue weighted by atomic mass is 10.1. The minimum Gasteiger partial charge on any atom is -0.373 e. The quantitative estimate of drug-likeness (QED) is 0.879. The SMILES string of the molecule is CC[C@@H](Nc1ccc(Cl)cc1C)C(=O)Nc1nccs1. The predicted octanol–water partition coefficient (Wildman–Crippen LogP) is 3.93. The molecule has 2 N–H and O–H groups in total. The molecule has 0 unspecified atom stereocenters. The van der Waals surface area contributed by atoms with Crippen LogP contribution in [0.5, 0.6) is 0 Å². The highest BCUT2D eigenvalue weighted by molar-refractivity contribution is 7.13. The highest BCUT2D eigenvalue weighted by Crippen LogP contribution is 2.21. The van der Waals surface area contributed by atoms with Crippen LogP contribution in [-0.4, -0.2) is 16.9 Å². The summed E-state index contributed by atoms with van der Waals surface area (Å²) < 4.78 is 0. The molecule has 1 atom stereocenters. The molecule has 2 aromatic rings. The molecule has 0 aliphatic rings. The van der Waals surface area contributed by atoms with E-state index < -0.39 is 0 Å². The van der Waals surface area contributed by atoms with Gasteiger partial charge in [-0.1, -0.05) is 18.5 Å². The Hall–Kier alpha value is -1.59. The summed E-state index contributed by atoms with van der Waals surface area (Å²) in [5, 5.41) is 9.18. The molecule has 1 heterocycles. The van der Waals surface area contributed by atoms with Gasteiger partial charge in [0.25, 0.3) is 0 Å². The summed E-state index contributed by atoms with van der Waals surface area (Å²) in [7, 11) is 0. The van der Waals surface area contributed by atoms with Crippen molar-refractivity contribution < 1.29 is 4.79 Å². The van der Waals surface area contributed by atoms with Gasteiger partial charge in [-0.05, 0) is 37.1 Å². The number of hydrogen-bond donors (Lipinski definition) is 2. The highest BCUT2D eigenvalue weighted by Gasteiger charge is 2.17. The number of amides is 1. The van der Waals surface area contributed by atoms with Crippen LogP contribution in [0.25, 0.3) is 0 Å². The van der Waals surface area contributed by atoms with Crippen LogP contribution in [0.3, 0.4) is 0 Å². The second-order valence-corrected chi connectivity index (χ2v) is 5.72. The van der Waals surface area contributed by atoms with Gasteiger partial charge in [-0.2, -0.15) is 0 Å². The molecule has 0 aliphatic heterocycles. The van der Waals surface area contributed by atoms with E-state index in [4.69, 9.17) is 11.6 Å². The first-order valence-corrected chi connectivity index (χ1v) is 7.59. The van der Waals surface area contributed by atoms with E-state index >= 15 is 0 Å². The number of anilines is 2. The van der Waals surface area contributed by atoms with E-state index in [1.165, 1.54) is 11.3 Å². The van der Waals surface area contributed by atoms with Gasteiger partial charge < -0.3 is 10.6 Å². The van der Waals surface area contributed by atoms with Gasteiger partial charge in [-0.15, -0.1) is 11.3 Å². The van der Waals surface area contributed by atoms with Crippen molar-refractivity contribution in [2.24, 2.45) is 0 Å². The summed E-state index contributed by atoms with van der Waals surface area (Å²) in [6.07, 6.45) is 2.34. The van der Waals surface area contributed by atoms with Gasteiger partial charge >= 0.3 is 0 Å². The fraction of sp³-hybridized carbons (Fsp3) is 0.286. The standard InChI is InChI=1S/C14H16ClN3OS/c1-3-11(13(19)18-14-16-6-7-20-14)17-12-5-4-10(15)8-9(12)2/h4-8,11,17H,3H2,1-2H3,(H,16,18,19)/t11-/m1/s1. The molecule has 1 amide bonds. The van der Waals surface area contributed by atoms with Gasteiger partial charge in [0.05, 0.1) is 0 Å². The minimum absolute atomic E-state index is 0.0863. The number of aryl methyl sites for hydroxylation is 1. The Labute approximate surface area is 127 Å². The number of halogens is 1. The number of thiazole rings is 1.